The highest BCUT2D eigenvalue weighted by atomic mass is 16.1. The second-order valence-corrected chi connectivity index (χ2v) is 3.59. The maximum atomic E-state index is 10.4. The second kappa shape index (κ2) is 9.72. The molecule has 0 radical (unpaired) electrons. The number of likely N-dealkylation sites (N-methyl/N-ethyl adjacent to an activating group) is 1. The van der Waals surface area contributed by atoms with Gasteiger partial charge in [-0.05, 0) is 13.5 Å². The molecule has 0 saturated heterocycles. The number of carbonyl (C=O) groups excluding carboxylic acids is 1. The molecular formula is C11H23NO. The fourth-order valence-electron chi connectivity index (χ4n) is 1.43. The van der Waals surface area contributed by atoms with Crippen LogP contribution < -0.4 is 5.32 Å². The lowest BCUT2D eigenvalue weighted by molar-refractivity contribution is -0.109. The summed E-state index contributed by atoms with van der Waals surface area (Å²) >= 11 is 0. The van der Waals surface area contributed by atoms with Crippen molar-refractivity contribution in [3.63, 3.8) is 0 Å². The molecule has 0 aliphatic rings. The van der Waals surface area contributed by atoms with E-state index < -0.39 is 0 Å². The molecule has 0 aromatic carbocycles. The predicted octanol–water partition coefficient (Wildman–Crippen LogP) is 2.52. The smallest absolute Gasteiger partial charge is 0.136 e. The monoisotopic (exact) mass is 185 g/mol. The van der Waals surface area contributed by atoms with E-state index >= 15 is 0 Å². The molecule has 78 valence electrons. The lowest BCUT2D eigenvalue weighted by Crippen LogP contribution is -2.26. The zero-order valence-electron chi connectivity index (χ0n) is 9.01. The van der Waals surface area contributed by atoms with E-state index in [1.807, 2.05) is 7.05 Å². The SMILES string of the molecule is CCCCCCCCC(C=O)NC. The number of aldehydes is 1. The van der Waals surface area contributed by atoms with E-state index in [1.54, 1.807) is 0 Å². The Morgan fingerprint density at radius 2 is 1.77 bits per heavy atom. The molecule has 1 N–H and O–H groups in total. The standard InChI is InChI=1S/C11H23NO/c1-3-4-5-6-7-8-9-11(10-13)12-2/h10-12H,3-9H2,1-2H3. The van der Waals surface area contributed by atoms with Crippen molar-refractivity contribution < 1.29 is 4.79 Å². The van der Waals surface area contributed by atoms with Crippen LogP contribution in [0.4, 0.5) is 0 Å². The molecule has 0 rings (SSSR count). The Morgan fingerprint density at radius 3 is 2.31 bits per heavy atom. The van der Waals surface area contributed by atoms with Gasteiger partial charge in [0.2, 0.25) is 0 Å². The van der Waals surface area contributed by atoms with E-state index in [9.17, 15) is 4.79 Å². The largest absolute Gasteiger partial charge is 0.311 e. The van der Waals surface area contributed by atoms with Gasteiger partial charge in [-0.1, -0.05) is 45.4 Å². The molecule has 0 bridgehead atoms. The maximum absolute atomic E-state index is 10.4. The second-order valence-electron chi connectivity index (χ2n) is 3.59. The molecule has 13 heavy (non-hydrogen) atoms. The molecule has 0 aliphatic carbocycles. The summed E-state index contributed by atoms with van der Waals surface area (Å²) in [7, 11) is 1.84. The summed E-state index contributed by atoms with van der Waals surface area (Å²) in [6.45, 7) is 2.23. The van der Waals surface area contributed by atoms with Crippen LogP contribution in [0.25, 0.3) is 0 Å². The minimum atomic E-state index is 0.0752. The van der Waals surface area contributed by atoms with Crippen LogP contribution in [0.5, 0.6) is 0 Å². The van der Waals surface area contributed by atoms with Gasteiger partial charge in [0.1, 0.15) is 6.29 Å². The molecule has 2 heteroatoms. The predicted molar refractivity (Wildman–Crippen MR) is 56.9 cm³/mol. The van der Waals surface area contributed by atoms with E-state index in [4.69, 9.17) is 0 Å². The number of unbranched alkanes of at least 4 members (excludes halogenated alkanes) is 5. The molecule has 2 nitrogen and oxygen atoms in total. The van der Waals surface area contributed by atoms with Crippen molar-refractivity contribution in [3.05, 3.63) is 0 Å². The average molecular weight is 185 g/mol. The zero-order valence-corrected chi connectivity index (χ0v) is 9.01. The summed E-state index contributed by atoms with van der Waals surface area (Å²) in [6, 6.07) is 0.0752. The van der Waals surface area contributed by atoms with Gasteiger partial charge in [0, 0.05) is 0 Å². The van der Waals surface area contributed by atoms with Crippen LogP contribution in [0.3, 0.4) is 0 Å². The van der Waals surface area contributed by atoms with Crippen molar-refractivity contribution in [1.29, 1.82) is 0 Å². The molecular weight excluding hydrogens is 162 g/mol. The first-order chi connectivity index (χ1) is 6.35. The summed E-state index contributed by atoms with van der Waals surface area (Å²) in [4.78, 5) is 10.4. The van der Waals surface area contributed by atoms with Crippen molar-refractivity contribution in [1.82, 2.24) is 5.32 Å². The highest BCUT2D eigenvalue weighted by molar-refractivity contribution is 5.57. The Labute approximate surface area is 82.1 Å². The summed E-state index contributed by atoms with van der Waals surface area (Å²) < 4.78 is 0. The molecule has 1 atom stereocenters. The highest BCUT2D eigenvalue weighted by Gasteiger charge is 2.01. The quantitative estimate of drug-likeness (QED) is 0.442. The third-order valence-corrected chi connectivity index (χ3v) is 2.40. The molecule has 0 aromatic rings. The molecule has 0 fully saturated rings. The van der Waals surface area contributed by atoms with E-state index in [2.05, 4.69) is 12.2 Å². The molecule has 0 aromatic heterocycles. The van der Waals surface area contributed by atoms with Gasteiger partial charge in [0.15, 0.2) is 0 Å². The van der Waals surface area contributed by atoms with Crippen molar-refractivity contribution in [2.75, 3.05) is 7.05 Å². The van der Waals surface area contributed by atoms with Crippen molar-refractivity contribution >= 4 is 6.29 Å². The van der Waals surface area contributed by atoms with Gasteiger partial charge < -0.3 is 10.1 Å². The minimum Gasteiger partial charge on any atom is -0.311 e. The third-order valence-electron chi connectivity index (χ3n) is 2.40. The van der Waals surface area contributed by atoms with Crippen LogP contribution in [0.2, 0.25) is 0 Å². The van der Waals surface area contributed by atoms with E-state index in [0.29, 0.717) is 0 Å². The minimum absolute atomic E-state index is 0.0752. The Kier molecular flexibility index (Phi) is 9.44. The van der Waals surface area contributed by atoms with E-state index in [-0.39, 0.29) is 6.04 Å². The number of hydrogen-bond donors (Lipinski definition) is 1. The zero-order chi connectivity index (χ0) is 9.94. The first-order valence-electron chi connectivity index (χ1n) is 5.47. The van der Waals surface area contributed by atoms with Crippen LogP contribution in [-0.2, 0) is 4.79 Å². The molecule has 0 saturated carbocycles. The van der Waals surface area contributed by atoms with Crippen LogP contribution in [0.15, 0.2) is 0 Å². The third kappa shape index (κ3) is 7.97. The van der Waals surface area contributed by atoms with Gasteiger partial charge in [-0.3, -0.25) is 0 Å². The van der Waals surface area contributed by atoms with Crippen LogP contribution in [0, 0.1) is 0 Å². The molecule has 0 amide bonds. The maximum Gasteiger partial charge on any atom is 0.136 e. The van der Waals surface area contributed by atoms with Crippen molar-refractivity contribution in [2.24, 2.45) is 0 Å². The number of carbonyl (C=O) groups is 1. The van der Waals surface area contributed by atoms with Gasteiger partial charge in [-0.2, -0.15) is 0 Å². The first kappa shape index (κ1) is 12.6. The topological polar surface area (TPSA) is 29.1 Å². The average Bonchev–Trinajstić information content (AvgIpc) is 2.17. The van der Waals surface area contributed by atoms with Crippen LogP contribution >= 0.6 is 0 Å². The van der Waals surface area contributed by atoms with Gasteiger partial charge in [-0.15, -0.1) is 0 Å². The Bertz CT molecular complexity index is 115. The lowest BCUT2D eigenvalue weighted by Gasteiger charge is -2.07. The molecule has 1 unspecified atom stereocenters. The number of rotatable bonds is 9. The van der Waals surface area contributed by atoms with Gasteiger partial charge in [-0.25, -0.2) is 0 Å². The highest BCUT2D eigenvalue weighted by Crippen LogP contribution is 2.07. The fraction of sp³-hybridized carbons (Fsp3) is 0.909. The Morgan fingerprint density at radius 1 is 1.15 bits per heavy atom. The number of hydrogen-bond acceptors (Lipinski definition) is 2. The summed E-state index contributed by atoms with van der Waals surface area (Å²) in [6.07, 6.45) is 9.76. The van der Waals surface area contributed by atoms with E-state index in [0.717, 1.165) is 12.7 Å². The van der Waals surface area contributed by atoms with Crippen LogP contribution in [0.1, 0.15) is 51.9 Å². The summed E-state index contributed by atoms with van der Waals surface area (Å²) in [5.74, 6) is 0. The summed E-state index contributed by atoms with van der Waals surface area (Å²) in [5, 5.41) is 2.99. The molecule has 0 aliphatic heterocycles. The summed E-state index contributed by atoms with van der Waals surface area (Å²) in [5.41, 5.74) is 0. The van der Waals surface area contributed by atoms with Gasteiger partial charge >= 0.3 is 0 Å². The van der Waals surface area contributed by atoms with Gasteiger partial charge in [0.25, 0.3) is 0 Å². The molecule has 0 heterocycles. The Hall–Kier alpha value is -0.370. The van der Waals surface area contributed by atoms with Crippen molar-refractivity contribution in [3.8, 4) is 0 Å². The lowest BCUT2D eigenvalue weighted by atomic mass is 10.1. The van der Waals surface area contributed by atoms with Gasteiger partial charge in [0.05, 0.1) is 6.04 Å². The Balaban J connectivity index is 3.10. The molecule has 0 spiro atoms. The fourth-order valence-corrected chi connectivity index (χ4v) is 1.43. The first-order valence-corrected chi connectivity index (χ1v) is 5.47. The van der Waals surface area contributed by atoms with Crippen molar-refractivity contribution in [2.45, 2.75) is 57.9 Å². The number of nitrogens with one attached hydrogen (secondary N) is 1. The van der Waals surface area contributed by atoms with Crippen LogP contribution in [-0.4, -0.2) is 19.4 Å². The normalized spacial score (nSPS) is 12.8. The van der Waals surface area contributed by atoms with E-state index in [1.165, 1.54) is 38.5 Å².